The zero-order valence-electron chi connectivity index (χ0n) is 10.2. The highest BCUT2D eigenvalue weighted by molar-refractivity contribution is 6.30. The van der Waals surface area contributed by atoms with Crippen LogP contribution in [0.1, 0.15) is 29.2 Å². The van der Waals surface area contributed by atoms with Gasteiger partial charge in [-0.2, -0.15) is 0 Å². The molecule has 0 radical (unpaired) electrons. The molecule has 1 atom stereocenters. The van der Waals surface area contributed by atoms with Gasteiger partial charge in [0.25, 0.3) is 0 Å². The Bertz CT molecular complexity index is 547. The molecule has 1 aliphatic rings. The molecule has 1 aromatic heterocycles. The molecule has 0 aliphatic heterocycles. The van der Waals surface area contributed by atoms with Crippen LogP contribution in [-0.4, -0.2) is 12.2 Å². The average Bonchev–Trinajstić information content (AvgIpc) is 2.81. The van der Waals surface area contributed by atoms with E-state index in [4.69, 9.17) is 16.1 Å². The second-order valence-electron chi connectivity index (χ2n) is 4.68. The maximum Gasteiger partial charge on any atom is 0.227 e. The minimum absolute atomic E-state index is 0.518. The molecule has 1 aromatic carbocycles. The second kappa shape index (κ2) is 4.65. The third-order valence-corrected chi connectivity index (χ3v) is 3.87. The second-order valence-corrected chi connectivity index (χ2v) is 5.11. The van der Waals surface area contributed by atoms with E-state index in [1.54, 1.807) is 0 Å². The molecular weight excluding hydrogens is 248 g/mol. The van der Waals surface area contributed by atoms with E-state index in [1.165, 1.54) is 11.1 Å². The molecule has 0 fully saturated rings. The molecule has 4 heteroatoms. The zero-order chi connectivity index (χ0) is 12.5. The molecule has 0 bridgehead atoms. The van der Waals surface area contributed by atoms with Gasteiger partial charge in [0, 0.05) is 24.1 Å². The summed E-state index contributed by atoms with van der Waals surface area (Å²) in [5.41, 5.74) is 3.66. The molecule has 1 aliphatic carbocycles. The molecule has 0 amide bonds. The van der Waals surface area contributed by atoms with Crippen LogP contribution in [0.25, 0.3) is 0 Å². The number of rotatable bonds is 2. The van der Waals surface area contributed by atoms with Gasteiger partial charge in [-0.15, -0.1) is 0 Å². The van der Waals surface area contributed by atoms with Gasteiger partial charge < -0.3 is 9.84 Å². The Morgan fingerprint density at radius 2 is 2.11 bits per heavy atom. The lowest BCUT2D eigenvalue weighted by Crippen LogP contribution is -2.12. The zero-order valence-corrected chi connectivity index (χ0v) is 11.0. The lowest BCUT2D eigenvalue weighted by Gasteiger charge is -2.21. The topological polar surface area (TPSA) is 38.1 Å². The SMILES string of the molecule is CNc1onc2c1CCC(c1ccc(Cl)cc1)C2. The van der Waals surface area contributed by atoms with E-state index in [1.807, 2.05) is 19.2 Å². The first-order valence-electron chi connectivity index (χ1n) is 6.18. The fourth-order valence-electron chi connectivity index (χ4n) is 2.63. The maximum absolute atomic E-state index is 5.92. The van der Waals surface area contributed by atoms with E-state index < -0.39 is 0 Å². The van der Waals surface area contributed by atoms with Crippen molar-refractivity contribution in [1.82, 2.24) is 5.16 Å². The van der Waals surface area contributed by atoms with Gasteiger partial charge in [-0.3, -0.25) is 0 Å². The Morgan fingerprint density at radius 1 is 1.33 bits per heavy atom. The summed E-state index contributed by atoms with van der Waals surface area (Å²) in [6.45, 7) is 0. The number of halogens is 1. The van der Waals surface area contributed by atoms with E-state index in [0.717, 1.165) is 35.9 Å². The van der Waals surface area contributed by atoms with Gasteiger partial charge in [0.1, 0.15) is 0 Å². The van der Waals surface area contributed by atoms with Crippen molar-refractivity contribution in [3.63, 3.8) is 0 Å². The third kappa shape index (κ3) is 1.99. The number of benzene rings is 1. The highest BCUT2D eigenvalue weighted by Crippen LogP contribution is 2.35. The highest BCUT2D eigenvalue weighted by atomic mass is 35.5. The molecule has 3 nitrogen and oxygen atoms in total. The first-order chi connectivity index (χ1) is 8.78. The predicted molar refractivity (Wildman–Crippen MR) is 72.3 cm³/mol. The van der Waals surface area contributed by atoms with Crippen molar-refractivity contribution in [2.24, 2.45) is 0 Å². The van der Waals surface area contributed by atoms with Gasteiger partial charge in [0.05, 0.1) is 5.69 Å². The normalized spacial score (nSPS) is 18.4. The van der Waals surface area contributed by atoms with Crippen LogP contribution in [0.15, 0.2) is 28.8 Å². The standard InChI is InChI=1S/C14H15ClN2O/c1-16-14-12-7-4-10(8-13(12)17-18-14)9-2-5-11(15)6-3-9/h2-3,5-6,10,16H,4,7-8H2,1H3. The quantitative estimate of drug-likeness (QED) is 0.898. The highest BCUT2D eigenvalue weighted by Gasteiger charge is 2.25. The van der Waals surface area contributed by atoms with E-state index in [9.17, 15) is 0 Å². The Balaban J connectivity index is 1.84. The number of hydrogen-bond donors (Lipinski definition) is 1. The molecule has 1 unspecified atom stereocenters. The molecule has 0 saturated carbocycles. The molecule has 2 aromatic rings. The number of anilines is 1. The number of fused-ring (bicyclic) bond motifs is 1. The molecular formula is C14H15ClN2O. The summed E-state index contributed by atoms with van der Waals surface area (Å²) >= 11 is 5.92. The predicted octanol–water partition coefficient (Wildman–Crippen LogP) is 3.64. The van der Waals surface area contributed by atoms with Gasteiger partial charge in [-0.05, 0) is 36.5 Å². The minimum Gasteiger partial charge on any atom is -0.357 e. The van der Waals surface area contributed by atoms with Crippen LogP contribution in [0.4, 0.5) is 5.88 Å². The fraction of sp³-hybridized carbons (Fsp3) is 0.357. The summed E-state index contributed by atoms with van der Waals surface area (Å²) in [5.74, 6) is 1.34. The number of aromatic nitrogens is 1. The Morgan fingerprint density at radius 3 is 2.83 bits per heavy atom. The summed E-state index contributed by atoms with van der Waals surface area (Å²) in [6, 6.07) is 8.12. The number of hydrogen-bond acceptors (Lipinski definition) is 3. The monoisotopic (exact) mass is 262 g/mol. The smallest absolute Gasteiger partial charge is 0.227 e. The molecule has 94 valence electrons. The van der Waals surface area contributed by atoms with Crippen LogP contribution in [-0.2, 0) is 12.8 Å². The first kappa shape index (κ1) is 11.6. The van der Waals surface area contributed by atoms with Crippen LogP contribution >= 0.6 is 11.6 Å². The summed E-state index contributed by atoms with van der Waals surface area (Å²) in [4.78, 5) is 0. The van der Waals surface area contributed by atoms with E-state index >= 15 is 0 Å². The lowest BCUT2D eigenvalue weighted by molar-refractivity contribution is 0.422. The minimum atomic E-state index is 0.518. The van der Waals surface area contributed by atoms with Crippen molar-refractivity contribution in [2.75, 3.05) is 12.4 Å². The van der Waals surface area contributed by atoms with Crippen LogP contribution in [0.5, 0.6) is 0 Å². The molecule has 0 spiro atoms. The van der Waals surface area contributed by atoms with Gasteiger partial charge in [-0.25, -0.2) is 0 Å². The van der Waals surface area contributed by atoms with Crippen LogP contribution < -0.4 is 5.32 Å². The Kier molecular flexibility index (Phi) is 3.00. The van der Waals surface area contributed by atoms with Crippen LogP contribution in [0, 0.1) is 0 Å². The average molecular weight is 263 g/mol. The number of nitrogens with zero attached hydrogens (tertiary/aromatic N) is 1. The summed E-state index contributed by atoms with van der Waals surface area (Å²) in [5, 5.41) is 7.99. The van der Waals surface area contributed by atoms with Crippen molar-refractivity contribution >= 4 is 17.5 Å². The van der Waals surface area contributed by atoms with Crippen molar-refractivity contribution in [1.29, 1.82) is 0 Å². The maximum atomic E-state index is 5.92. The Hall–Kier alpha value is -1.48. The van der Waals surface area contributed by atoms with Crippen LogP contribution in [0.2, 0.25) is 5.02 Å². The molecule has 3 rings (SSSR count). The van der Waals surface area contributed by atoms with E-state index in [-0.39, 0.29) is 0 Å². The summed E-state index contributed by atoms with van der Waals surface area (Å²) < 4.78 is 5.29. The largest absolute Gasteiger partial charge is 0.357 e. The summed E-state index contributed by atoms with van der Waals surface area (Å²) in [6.07, 6.45) is 3.09. The van der Waals surface area contributed by atoms with Gasteiger partial charge in [-0.1, -0.05) is 28.9 Å². The van der Waals surface area contributed by atoms with Crippen molar-refractivity contribution < 1.29 is 4.52 Å². The molecule has 1 N–H and O–H groups in total. The van der Waals surface area contributed by atoms with E-state index in [2.05, 4.69) is 22.6 Å². The molecule has 18 heavy (non-hydrogen) atoms. The molecule has 0 saturated heterocycles. The fourth-order valence-corrected chi connectivity index (χ4v) is 2.76. The molecule has 1 heterocycles. The third-order valence-electron chi connectivity index (χ3n) is 3.62. The van der Waals surface area contributed by atoms with E-state index in [0.29, 0.717) is 5.92 Å². The first-order valence-corrected chi connectivity index (χ1v) is 6.56. The lowest BCUT2D eigenvalue weighted by atomic mass is 9.83. The van der Waals surface area contributed by atoms with Gasteiger partial charge in [0.2, 0.25) is 5.88 Å². The van der Waals surface area contributed by atoms with Crippen molar-refractivity contribution in [3.05, 3.63) is 46.1 Å². The van der Waals surface area contributed by atoms with Crippen molar-refractivity contribution in [2.45, 2.75) is 25.2 Å². The van der Waals surface area contributed by atoms with Crippen molar-refractivity contribution in [3.8, 4) is 0 Å². The van der Waals surface area contributed by atoms with Gasteiger partial charge >= 0.3 is 0 Å². The summed E-state index contributed by atoms with van der Waals surface area (Å²) in [7, 11) is 1.87. The van der Waals surface area contributed by atoms with Crippen LogP contribution in [0.3, 0.4) is 0 Å². The number of nitrogens with one attached hydrogen (secondary N) is 1. The van der Waals surface area contributed by atoms with Gasteiger partial charge in [0.15, 0.2) is 0 Å². The Labute approximate surface area is 111 Å².